The Morgan fingerprint density at radius 1 is 1.03 bits per heavy atom. The topological polar surface area (TPSA) is 64.7 Å². The number of hydrogen-bond acceptors (Lipinski definition) is 5. The summed E-state index contributed by atoms with van der Waals surface area (Å²) in [5.74, 6) is 1.20. The van der Waals surface area contributed by atoms with Crippen LogP contribution in [0.5, 0.6) is 0 Å². The van der Waals surface area contributed by atoms with Gasteiger partial charge in [0.05, 0.1) is 41.6 Å². The number of halogens is 3. The van der Waals surface area contributed by atoms with Crippen LogP contribution in [0.3, 0.4) is 0 Å². The quantitative estimate of drug-likeness (QED) is 0.444. The molecule has 3 aromatic heterocycles. The number of benzene rings is 1. The third-order valence-electron chi connectivity index (χ3n) is 6.11. The number of imidazole rings is 1. The van der Waals surface area contributed by atoms with Crippen molar-refractivity contribution >= 4 is 0 Å². The summed E-state index contributed by atoms with van der Waals surface area (Å²) < 4.78 is 42.8. The molecular weight excluding hydrogens is 443 g/mol. The van der Waals surface area contributed by atoms with E-state index in [9.17, 15) is 13.2 Å². The first-order valence-electron chi connectivity index (χ1n) is 11.1. The van der Waals surface area contributed by atoms with Crippen LogP contribution < -0.4 is 0 Å². The minimum atomic E-state index is -4.37. The molecule has 0 unspecified atom stereocenters. The maximum atomic E-state index is 13.0. The zero-order chi connectivity index (χ0) is 24.0. The Morgan fingerprint density at radius 2 is 1.79 bits per heavy atom. The number of alkyl halides is 3. The molecule has 7 nitrogen and oxygen atoms in total. The van der Waals surface area contributed by atoms with E-state index in [-0.39, 0.29) is 6.04 Å². The molecule has 0 aliphatic carbocycles. The highest BCUT2D eigenvalue weighted by Crippen LogP contribution is 2.34. The average Bonchev–Trinajstić information content (AvgIpc) is 3.44. The second-order valence-electron chi connectivity index (χ2n) is 8.46. The van der Waals surface area contributed by atoms with Crippen molar-refractivity contribution < 1.29 is 13.2 Å². The lowest BCUT2D eigenvalue weighted by Gasteiger charge is -2.32. The lowest BCUT2D eigenvalue weighted by Crippen LogP contribution is -2.36. The summed E-state index contributed by atoms with van der Waals surface area (Å²) in [6.45, 7) is 5.32. The molecule has 1 atom stereocenters. The molecule has 0 bridgehead atoms. The van der Waals surface area contributed by atoms with Gasteiger partial charge < -0.3 is 4.57 Å². The second-order valence-corrected chi connectivity index (χ2v) is 8.46. The summed E-state index contributed by atoms with van der Waals surface area (Å²) in [7, 11) is 1.94. The lowest BCUT2D eigenvalue weighted by atomic mass is 10.0. The Morgan fingerprint density at radius 3 is 2.44 bits per heavy atom. The molecule has 10 heteroatoms. The van der Waals surface area contributed by atoms with Gasteiger partial charge in [0.1, 0.15) is 11.5 Å². The summed E-state index contributed by atoms with van der Waals surface area (Å²) >= 11 is 0. The van der Waals surface area contributed by atoms with Gasteiger partial charge in [0.2, 0.25) is 0 Å². The molecule has 0 radical (unpaired) electrons. The van der Waals surface area contributed by atoms with E-state index in [2.05, 4.69) is 15.0 Å². The second kappa shape index (κ2) is 8.35. The van der Waals surface area contributed by atoms with Crippen molar-refractivity contribution in [2.75, 3.05) is 13.6 Å². The van der Waals surface area contributed by atoms with Gasteiger partial charge in [0.15, 0.2) is 5.82 Å². The van der Waals surface area contributed by atoms with Crippen molar-refractivity contribution in [3.05, 3.63) is 77.3 Å². The van der Waals surface area contributed by atoms with Crippen LogP contribution in [0, 0.1) is 6.92 Å². The van der Waals surface area contributed by atoms with E-state index in [0.717, 1.165) is 41.2 Å². The van der Waals surface area contributed by atoms with Gasteiger partial charge in [-0.25, -0.2) is 19.6 Å². The number of hydrogen-bond donors (Lipinski definition) is 0. The minimum absolute atomic E-state index is 0.295. The molecule has 0 N–H and O–H groups in total. The average molecular weight is 467 g/mol. The predicted molar refractivity (Wildman–Crippen MR) is 120 cm³/mol. The number of fused-ring (bicyclic) bond motifs is 1. The molecule has 1 aromatic carbocycles. The Hall–Kier alpha value is -3.53. The molecule has 4 aromatic rings. The largest absolute Gasteiger partial charge is 0.416 e. The van der Waals surface area contributed by atoms with E-state index >= 15 is 0 Å². The van der Waals surface area contributed by atoms with E-state index in [4.69, 9.17) is 9.97 Å². The van der Waals surface area contributed by atoms with Crippen LogP contribution >= 0.6 is 0 Å². The lowest BCUT2D eigenvalue weighted by molar-refractivity contribution is -0.137. The number of aromatic nitrogens is 6. The monoisotopic (exact) mass is 467 g/mol. The summed E-state index contributed by atoms with van der Waals surface area (Å²) in [6.07, 6.45) is 0.0798. The van der Waals surface area contributed by atoms with Gasteiger partial charge in [-0.2, -0.15) is 13.2 Å². The fourth-order valence-electron chi connectivity index (χ4n) is 4.33. The Balaban J connectivity index is 1.51. The SMILES string of the molecule is CCc1nc(-c2nc3n(n2)CCN(C)[C@H]3c2ccc(C(F)(F)F)cc2)ccc1-n1cnc(C)c1. The molecule has 1 aliphatic heterocycles. The van der Waals surface area contributed by atoms with E-state index < -0.39 is 11.7 Å². The van der Waals surface area contributed by atoms with Gasteiger partial charge in [-0.15, -0.1) is 5.10 Å². The van der Waals surface area contributed by atoms with Crippen molar-refractivity contribution in [1.82, 2.24) is 34.2 Å². The number of rotatable bonds is 4. The zero-order valence-electron chi connectivity index (χ0n) is 19.1. The normalized spacial score (nSPS) is 16.6. The molecule has 176 valence electrons. The number of pyridine rings is 1. The number of likely N-dealkylation sites (N-methyl/N-ethyl adjacent to an activating group) is 1. The molecule has 4 heterocycles. The van der Waals surface area contributed by atoms with Crippen molar-refractivity contribution in [3.8, 4) is 17.2 Å². The fraction of sp³-hybridized carbons (Fsp3) is 0.333. The molecule has 1 aliphatic rings. The first-order valence-corrected chi connectivity index (χ1v) is 11.1. The molecule has 34 heavy (non-hydrogen) atoms. The van der Waals surface area contributed by atoms with Crippen molar-refractivity contribution in [2.24, 2.45) is 0 Å². The molecule has 0 fully saturated rings. The van der Waals surface area contributed by atoms with Gasteiger partial charge in [-0.05, 0) is 50.2 Å². The van der Waals surface area contributed by atoms with Gasteiger partial charge in [-0.1, -0.05) is 19.1 Å². The first kappa shape index (κ1) is 22.3. The van der Waals surface area contributed by atoms with Crippen LogP contribution in [0.2, 0.25) is 0 Å². The van der Waals surface area contributed by atoms with Crippen molar-refractivity contribution in [1.29, 1.82) is 0 Å². The summed E-state index contributed by atoms with van der Waals surface area (Å²) in [5.41, 5.74) is 3.52. The summed E-state index contributed by atoms with van der Waals surface area (Å²) in [6, 6.07) is 8.85. The van der Waals surface area contributed by atoms with Crippen LogP contribution in [0.4, 0.5) is 13.2 Å². The van der Waals surface area contributed by atoms with Crippen LogP contribution in [-0.4, -0.2) is 47.8 Å². The van der Waals surface area contributed by atoms with Crippen molar-refractivity contribution in [3.63, 3.8) is 0 Å². The van der Waals surface area contributed by atoms with E-state index in [0.29, 0.717) is 30.4 Å². The van der Waals surface area contributed by atoms with Gasteiger partial charge in [0.25, 0.3) is 0 Å². The minimum Gasteiger partial charge on any atom is -0.304 e. The maximum absolute atomic E-state index is 13.0. The van der Waals surface area contributed by atoms with Crippen LogP contribution in [-0.2, 0) is 19.1 Å². The highest BCUT2D eigenvalue weighted by Gasteiger charge is 2.33. The molecule has 0 saturated heterocycles. The van der Waals surface area contributed by atoms with Crippen LogP contribution in [0.1, 0.15) is 41.3 Å². The zero-order valence-corrected chi connectivity index (χ0v) is 19.1. The Kier molecular flexibility index (Phi) is 5.47. The maximum Gasteiger partial charge on any atom is 0.416 e. The smallest absolute Gasteiger partial charge is 0.304 e. The molecule has 0 saturated carbocycles. The van der Waals surface area contributed by atoms with Crippen molar-refractivity contribution in [2.45, 2.75) is 39.0 Å². The van der Waals surface area contributed by atoms with Gasteiger partial charge >= 0.3 is 6.18 Å². The molecule has 5 rings (SSSR count). The molecule has 0 amide bonds. The number of nitrogens with zero attached hydrogens (tertiary/aromatic N) is 7. The highest BCUT2D eigenvalue weighted by atomic mass is 19.4. The molecular formula is C24H24F3N7. The van der Waals surface area contributed by atoms with E-state index in [1.54, 1.807) is 6.33 Å². The van der Waals surface area contributed by atoms with Crippen LogP contribution in [0.25, 0.3) is 17.2 Å². The van der Waals surface area contributed by atoms with Gasteiger partial charge in [-0.3, -0.25) is 4.90 Å². The number of aryl methyl sites for hydroxylation is 2. The van der Waals surface area contributed by atoms with Gasteiger partial charge in [0, 0.05) is 12.7 Å². The molecule has 0 spiro atoms. The van der Waals surface area contributed by atoms with Crippen LogP contribution in [0.15, 0.2) is 48.9 Å². The Bertz CT molecular complexity index is 1320. The summed E-state index contributed by atoms with van der Waals surface area (Å²) in [4.78, 5) is 16.0. The standard InChI is InChI=1S/C24H24F3N7/c1-4-18-20(33-13-15(2)28-14-33)10-9-19(29-18)22-30-23-21(32(3)11-12-34(23)31-22)16-5-7-17(8-6-16)24(25,26)27/h5-10,13-14,21H,4,11-12H2,1-3H3/t21-/m0/s1. The fourth-order valence-corrected chi connectivity index (χ4v) is 4.33. The summed E-state index contributed by atoms with van der Waals surface area (Å²) in [5, 5.41) is 4.69. The predicted octanol–water partition coefficient (Wildman–Crippen LogP) is 4.45. The third kappa shape index (κ3) is 3.98. The third-order valence-corrected chi connectivity index (χ3v) is 6.11. The van der Waals surface area contributed by atoms with E-state index in [1.165, 1.54) is 12.1 Å². The highest BCUT2D eigenvalue weighted by molar-refractivity contribution is 5.53. The Labute approximate surface area is 194 Å². The van der Waals surface area contributed by atoms with E-state index in [1.807, 2.05) is 48.5 Å². The first-order chi connectivity index (χ1) is 16.2.